The van der Waals surface area contributed by atoms with Crippen LogP contribution in [-0.4, -0.2) is 30.0 Å². The van der Waals surface area contributed by atoms with Gasteiger partial charge in [0.15, 0.2) is 0 Å². The normalized spacial score (nSPS) is 30.6. The number of hydrogen-bond donors (Lipinski definition) is 0. The molecule has 64 valence electrons. The topological polar surface area (TPSA) is 26.3 Å². The first-order chi connectivity index (χ1) is 5.34. The Labute approximate surface area is 71.7 Å². The summed E-state index contributed by atoms with van der Waals surface area (Å²) in [7, 11) is 0. The van der Waals surface area contributed by atoms with Gasteiger partial charge in [0.05, 0.1) is 6.10 Å². The number of carbonyl (C=O) groups excluding carboxylic acids is 1. The Bertz CT molecular complexity index is 127. The number of ether oxygens (including phenoxy) is 1. The van der Waals surface area contributed by atoms with Crippen molar-refractivity contribution in [2.45, 2.75) is 31.1 Å². The van der Waals surface area contributed by atoms with Crippen LogP contribution in [0.15, 0.2) is 0 Å². The Kier molecular flexibility index (Phi) is 3.94. The fraction of sp³-hybridized carbons (Fsp3) is 0.875. The smallest absolute Gasteiger partial charge is 0.120 e. The van der Waals surface area contributed by atoms with E-state index in [0.717, 1.165) is 25.1 Å². The monoisotopic (exact) mass is 174 g/mol. The molecule has 0 amide bonds. The molecule has 0 N–H and O–H groups in total. The lowest BCUT2D eigenvalue weighted by atomic mass is 10.3. The molecule has 0 bridgehead atoms. The lowest BCUT2D eigenvalue weighted by Gasteiger charge is -2.11. The van der Waals surface area contributed by atoms with Gasteiger partial charge in [-0.15, -0.1) is 0 Å². The van der Waals surface area contributed by atoms with Crippen LogP contribution in [0.5, 0.6) is 0 Å². The maximum Gasteiger partial charge on any atom is 0.120 e. The maximum atomic E-state index is 10.0. The summed E-state index contributed by atoms with van der Waals surface area (Å²) in [4.78, 5) is 10.0. The third-order valence-corrected chi connectivity index (χ3v) is 3.39. The van der Waals surface area contributed by atoms with Crippen LogP contribution >= 0.6 is 11.8 Å². The summed E-state index contributed by atoms with van der Waals surface area (Å²) in [6.45, 7) is 2.99. The van der Waals surface area contributed by atoms with E-state index < -0.39 is 0 Å². The van der Waals surface area contributed by atoms with Crippen LogP contribution in [0.2, 0.25) is 0 Å². The second-order valence-corrected chi connectivity index (χ2v) is 4.08. The van der Waals surface area contributed by atoms with Crippen molar-refractivity contribution in [1.82, 2.24) is 0 Å². The van der Waals surface area contributed by atoms with Gasteiger partial charge in [0, 0.05) is 24.0 Å². The van der Waals surface area contributed by atoms with Crippen molar-refractivity contribution < 1.29 is 9.53 Å². The minimum absolute atomic E-state index is 0.381. The zero-order valence-corrected chi connectivity index (χ0v) is 7.60. The van der Waals surface area contributed by atoms with Gasteiger partial charge >= 0.3 is 0 Å². The molecule has 1 saturated heterocycles. The molecule has 0 saturated carbocycles. The molecule has 1 rings (SSSR count). The zero-order valence-electron chi connectivity index (χ0n) is 6.79. The molecule has 0 aromatic rings. The van der Waals surface area contributed by atoms with E-state index in [4.69, 9.17) is 4.74 Å². The molecule has 2 atom stereocenters. The molecule has 11 heavy (non-hydrogen) atoms. The van der Waals surface area contributed by atoms with E-state index in [2.05, 4.69) is 6.92 Å². The average Bonchev–Trinajstić information content (AvgIpc) is 2.37. The summed E-state index contributed by atoms with van der Waals surface area (Å²) in [5.74, 6) is 0.946. The Morgan fingerprint density at radius 1 is 1.73 bits per heavy atom. The first-order valence-corrected chi connectivity index (χ1v) is 5.06. The van der Waals surface area contributed by atoms with E-state index in [-0.39, 0.29) is 0 Å². The van der Waals surface area contributed by atoms with Crippen LogP contribution in [0.3, 0.4) is 0 Å². The van der Waals surface area contributed by atoms with Crippen molar-refractivity contribution in [3.8, 4) is 0 Å². The van der Waals surface area contributed by atoms with Crippen LogP contribution in [0.4, 0.5) is 0 Å². The van der Waals surface area contributed by atoms with E-state index in [1.54, 1.807) is 0 Å². The highest BCUT2D eigenvalue weighted by atomic mass is 32.2. The number of aldehydes is 1. The second-order valence-electron chi connectivity index (χ2n) is 2.73. The Balaban J connectivity index is 2.10. The molecule has 0 spiro atoms. The summed E-state index contributed by atoms with van der Waals surface area (Å²) in [6.07, 6.45) is 3.18. The molecule has 3 heteroatoms. The van der Waals surface area contributed by atoms with Crippen molar-refractivity contribution in [3.05, 3.63) is 0 Å². The van der Waals surface area contributed by atoms with Crippen LogP contribution in [0, 0.1) is 0 Å². The fourth-order valence-electron chi connectivity index (χ4n) is 1.20. The molecule has 0 radical (unpaired) electrons. The van der Waals surface area contributed by atoms with Gasteiger partial charge in [-0.1, -0.05) is 0 Å². The number of carbonyl (C=O) groups is 1. The Morgan fingerprint density at radius 3 is 3.09 bits per heavy atom. The van der Waals surface area contributed by atoms with Gasteiger partial charge in [-0.2, -0.15) is 11.8 Å². The van der Waals surface area contributed by atoms with Gasteiger partial charge in [-0.3, -0.25) is 0 Å². The SMILES string of the molecule is CC1OCCC1SCCC=O. The molecule has 1 heterocycles. The first-order valence-electron chi connectivity index (χ1n) is 4.01. The summed E-state index contributed by atoms with van der Waals surface area (Å²) in [5.41, 5.74) is 0. The average molecular weight is 174 g/mol. The highest BCUT2D eigenvalue weighted by Crippen LogP contribution is 2.26. The van der Waals surface area contributed by atoms with Crippen LogP contribution in [0.25, 0.3) is 0 Å². The molecule has 2 unspecified atom stereocenters. The molecule has 1 fully saturated rings. The first kappa shape index (κ1) is 9.07. The van der Waals surface area contributed by atoms with E-state index in [0.29, 0.717) is 17.8 Å². The largest absolute Gasteiger partial charge is 0.377 e. The van der Waals surface area contributed by atoms with Gasteiger partial charge in [-0.25, -0.2) is 0 Å². The molecular weight excluding hydrogens is 160 g/mol. The zero-order chi connectivity index (χ0) is 8.10. The van der Waals surface area contributed by atoms with Gasteiger partial charge in [-0.05, 0) is 13.3 Å². The highest BCUT2D eigenvalue weighted by molar-refractivity contribution is 7.99. The molecule has 0 aliphatic carbocycles. The Morgan fingerprint density at radius 2 is 2.55 bits per heavy atom. The summed E-state index contributed by atoms with van der Waals surface area (Å²) in [6, 6.07) is 0. The standard InChI is InChI=1S/C8H14O2S/c1-7-8(3-5-10-7)11-6-2-4-9/h4,7-8H,2-3,5-6H2,1H3. The van der Waals surface area contributed by atoms with Crippen molar-refractivity contribution in [2.75, 3.05) is 12.4 Å². The summed E-state index contributed by atoms with van der Waals surface area (Å²) < 4.78 is 5.39. The minimum Gasteiger partial charge on any atom is -0.377 e. The van der Waals surface area contributed by atoms with Gasteiger partial charge in [0.2, 0.25) is 0 Å². The molecule has 1 aliphatic heterocycles. The quantitative estimate of drug-likeness (QED) is 0.477. The number of thioether (sulfide) groups is 1. The molecular formula is C8H14O2S. The third-order valence-electron chi connectivity index (χ3n) is 1.87. The molecule has 2 nitrogen and oxygen atoms in total. The van der Waals surface area contributed by atoms with Crippen molar-refractivity contribution in [1.29, 1.82) is 0 Å². The maximum absolute atomic E-state index is 10.0. The second kappa shape index (κ2) is 4.78. The van der Waals surface area contributed by atoms with Crippen LogP contribution < -0.4 is 0 Å². The van der Waals surface area contributed by atoms with E-state index in [1.807, 2.05) is 11.8 Å². The van der Waals surface area contributed by atoms with E-state index in [1.165, 1.54) is 0 Å². The molecule has 0 aromatic heterocycles. The number of rotatable bonds is 4. The highest BCUT2D eigenvalue weighted by Gasteiger charge is 2.23. The predicted molar refractivity (Wildman–Crippen MR) is 47.0 cm³/mol. The Hall–Kier alpha value is -0.0200. The fourth-order valence-corrected chi connectivity index (χ4v) is 2.35. The molecule has 1 aliphatic rings. The summed E-state index contributed by atoms with van der Waals surface area (Å²) in [5, 5.41) is 0.620. The van der Waals surface area contributed by atoms with Crippen molar-refractivity contribution in [3.63, 3.8) is 0 Å². The predicted octanol–water partition coefficient (Wildman–Crippen LogP) is 1.49. The van der Waals surface area contributed by atoms with Crippen molar-refractivity contribution >= 4 is 18.0 Å². The lowest BCUT2D eigenvalue weighted by Crippen LogP contribution is -2.13. The molecule has 0 aromatic carbocycles. The van der Waals surface area contributed by atoms with Gasteiger partial charge in [0.1, 0.15) is 6.29 Å². The van der Waals surface area contributed by atoms with E-state index in [9.17, 15) is 4.79 Å². The summed E-state index contributed by atoms with van der Waals surface area (Å²) >= 11 is 1.86. The van der Waals surface area contributed by atoms with Gasteiger partial charge < -0.3 is 9.53 Å². The number of hydrogen-bond acceptors (Lipinski definition) is 3. The third kappa shape index (κ3) is 2.83. The van der Waals surface area contributed by atoms with E-state index >= 15 is 0 Å². The lowest BCUT2D eigenvalue weighted by molar-refractivity contribution is -0.107. The van der Waals surface area contributed by atoms with Crippen LogP contribution in [0.1, 0.15) is 19.8 Å². The van der Waals surface area contributed by atoms with Crippen LogP contribution in [-0.2, 0) is 9.53 Å². The van der Waals surface area contributed by atoms with Gasteiger partial charge in [0.25, 0.3) is 0 Å². The minimum atomic E-state index is 0.381. The van der Waals surface area contributed by atoms with Crippen molar-refractivity contribution in [2.24, 2.45) is 0 Å².